The van der Waals surface area contributed by atoms with Crippen molar-refractivity contribution in [2.75, 3.05) is 11.9 Å². The first-order valence-electron chi connectivity index (χ1n) is 6.94. The molecule has 2 N–H and O–H groups in total. The molecule has 1 fully saturated rings. The predicted molar refractivity (Wildman–Crippen MR) is 88.7 cm³/mol. The minimum Gasteiger partial charge on any atom is -0.306 e. The average Bonchev–Trinajstić information content (AvgIpc) is 3.10. The minimum atomic E-state index is -0.0672. The molecule has 3 rings (SSSR count). The highest BCUT2D eigenvalue weighted by Gasteiger charge is 2.22. The minimum absolute atomic E-state index is 0.0239. The van der Waals surface area contributed by atoms with Crippen LogP contribution in [0.2, 0.25) is 0 Å². The number of hydrogen-bond acceptors (Lipinski definition) is 4. The van der Waals surface area contributed by atoms with Gasteiger partial charge in [0.1, 0.15) is 0 Å². The second kappa shape index (κ2) is 6.68. The van der Waals surface area contributed by atoms with Crippen molar-refractivity contribution in [3.05, 3.63) is 45.4 Å². The van der Waals surface area contributed by atoms with Crippen molar-refractivity contribution in [1.29, 1.82) is 0 Å². The Morgan fingerprint density at radius 3 is 3.19 bits per heavy atom. The van der Waals surface area contributed by atoms with Gasteiger partial charge in [0.05, 0.1) is 6.04 Å². The second-order valence-electron chi connectivity index (χ2n) is 5.08. The van der Waals surface area contributed by atoms with Gasteiger partial charge in [-0.05, 0) is 37.1 Å². The van der Waals surface area contributed by atoms with E-state index in [9.17, 15) is 4.79 Å². The van der Waals surface area contributed by atoms with Crippen LogP contribution in [-0.2, 0) is 11.2 Å². The normalized spacial score (nSPS) is 17.9. The van der Waals surface area contributed by atoms with Crippen LogP contribution in [0.5, 0.6) is 0 Å². The monoisotopic (exact) mass is 365 g/mol. The van der Waals surface area contributed by atoms with E-state index >= 15 is 0 Å². The summed E-state index contributed by atoms with van der Waals surface area (Å²) >= 11 is 5.01. The molecular weight excluding hydrogens is 350 g/mol. The lowest BCUT2D eigenvalue weighted by Gasteiger charge is -2.08. The van der Waals surface area contributed by atoms with E-state index in [0.29, 0.717) is 5.13 Å². The Balaban J connectivity index is 1.62. The van der Waals surface area contributed by atoms with E-state index in [4.69, 9.17) is 0 Å². The number of aromatic nitrogens is 1. The Hall–Kier alpha value is -1.24. The first-order chi connectivity index (χ1) is 10.2. The quantitative estimate of drug-likeness (QED) is 0.874. The third kappa shape index (κ3) is 3.90. The zero-order chi connectivity index (χ0) is 14.7. The van der Waals surface area contributed by atoms with E-state index in [0.717, 1.165) is 35.2 Å². The molecule has 21 heavy (non-hydrogen) atoms. The molecule has 1 aliphatic rings. The fourth-order valence-corrected chi connectivity index (χ4v) is 3.69. The van der Waals surface area contributed by atoms with Gasteiger partial charge >= 0.3 is 0 Å². The van der Waals surface area contributed by atoms with Crippen molar-refractivity contribution in [1.82, 2.24) is 10.3 Å². The molecule has 0 bridgehead atoms. The largest absolute Gasteiger partial charge is 0.306 e. The van der Waals surface area contributed by atoms with Crippen LogP contribution in [0.4, 0.5) is 5.13 Å². The molecule has 0 saturated carbocycles. The summed E-state index contributed by atoms with van der Waals surface area (Å²) in [7, 11) is 0. The molecule has 1 atom stereocenters. The molecule has 1 aromatic carbocycles. The topological polar surface area (TPSA) is 54.0 Å². The molecule has 1 aliphatic heterocycles. The molecule has 0 spiro atoms. The molecule has 1 saturated heterocycles. The summed E-state index contributed by atoms with van der Waals surface area (Å²) in [5.74, 6) is 0.0239. The number of carbonyl (C=O) groups excluding carboxylic acids is 1. The number of thiazole rings is 1. The number of nitrogens with one attached hydrogen (secondary N) is 2. The van der Waals surface area contributed by atoms with Crippen LogP contribution >= 0.6 is 27.3 Å². The number of halogens is 1. The molecule has 6 heteroatoms. The maximum absolute atomic E-state index is 12.0. The van der Waals surface area contributed by atoms with E-state index in [1.807, 2.05) is 18.3 Å². The van der Waals surface area contributed by atoms with Crippen molar-refractivity contribution in [3.63, 3.8) is 0 Å². The predicted octanol–water partition coefficient (Wildman–Crippen LogP) is 3.19. The molecule has 1 amide bonds. The number of rotatable bonds is 4. The summed E-state index contributed by atoms with van der Waals surface area (Å²) in [6, 6.07) is 8.15. The first-order valence-corrected chi connectivity index (χ1v) is 8.55. The lowest BCUT2D eigenvalue weighted by atomic mass is 10.1. The number of carbonyl (C=O) groups is 1. The summed E-state index contributed by atoms with van der Waals surface area (Å²) in [5.41, 5.74) is 1.23. The third-order valence-electron chi connectivity index (χ3n) is 3.43. The van der Waals surface area contributed by atoms with Crippen LogP contribution in [0.15, 0.2) is 34.9 Å². The summed E-state index contributed by atoms with van der Waals surface area (Å²) in [5, 5.41) is 6.77. The molecular formula is C15H16BrN3OS. The van der Waals surface area contributed by atoms with Gasteiger partial charge < -0.3 is 10.6 Å². The van der Waals surface area contributed by atoms with Gasteiger partial charge in [-0.2, -0.15) is 0 Å². The van der Waals surface area contributed by atoms with Gasteiger partial charge in [-0.1, -0.05) is 28.1 Å². The van der Waals surface area contributed by atoms with Crippen LogP contribution < -0.4 is 10.6 Å². The average molecular weight is 366 g/mol. The number of amides is 1. The van der Waals surface area contributed by atoms with Crippen molar-refractivity contribution in [2.24, 2.45) is 0 Å². The van der Waals surface area contributed by atoms with E-state index in [-0.39, 0.29) is 11.9 Å². The highest BCUT2D eigenvalue weighted by atomic mass is 79.9. The van der Waals surface area contributed by atoms with Gasteiger partial charge in [-0.25, -0.2) is 4.98 Å². The fourth-order valence-electron chi connectivity index (χ4n) is 2.40. The fraction of sp³-hybridized carbons (Fsp3) is 0.333. The second-order valence-corrected chi connectivity index (χ2v) is 7.11. The molecule has 4 nitrogen and oxygen atoms in total. The molecule has 2 aromatic rings. The summed E-state index contributed by atoms with van der Waals surface area (Å²) in [4.78, 5) is 17.4. The summed E-state index contributed by atoms with van der Waals surface area (Å²) in [6.07, 6.45) is 4.63. The molecule has 1 unspecified atom stereocenters. The Morgan fingerprint density at radius 2 is 2.43 bits per heavy atom. The Morgan fingerprint density at radius 1 is 1.52 bits per heavy atom. The van der Waals surface area contributed by atoms with Crippen LogP contribution in [0, 0.1) is 0 Å². The molecule has 1 aromatic heterocycles. The SMILES string of the molecule is O=C(Nc1ncc(Cc2cccc(Br)c2)s1)C1CCCN1. The zero-order valence-electron chi connectivity index (χ0n) is 11.4. The molecule has 0 aliphatic carbocycles. The van der Waals surface area contributed by atoms with Gasteiger partial charge in [0.2, 0.25) is 5.91 Å². The van der Waals surface area contributed by atoms with Gasteiger partial charge in [-0.15, -0.1) is 11.3 Å². The van der Waals surface area contributed by atoms with E-state index in [1.54, 1.807) is 0 Å². The Kier molecular flexibility index (Phi) is 4.67. The molecule has 2 heterocycles. The number of anilines is 1. The number of hydrogen-bond donors (Lipinski definition) is 2. The summed E-state index contributed by atoms with van der Waals surface area (Å²) < 4.78 is 1.07. The van der Waals surface area contributed by atoms with E-state index in [1.165, 1.54) is 16.9 Å². The maximum Gasteiger partial charge on any atom is 0.243 e. The smallest absolute Gasteiger partial charge is 0.243 e. The van der Waals surface area contributed by atoms with Crippen LogP contribution in [0.1, 0.15) is 23.3 Å². The van der Waals surface area contributed by atoms with Crippen LogP contribution in [-0.4, -0.2) is 23.5 Å². The van der Waals surface area contributed by atoms with Gasteiger partial charge in [0, 0.05) is 22.0 Å². The van der Waals surface area contributed by atoms with E-state index in [2.05, 4.69) is 43.7 Å². The Bertz CT molecular complexity index is 637. The van der Waals surface area contributed by atoms with Crippen molar-refractivity contribution in [2.45, 2.75) is 25.3 Å². The molecule has 0 radical (unpaired) electrons. The third-order valence-corrected chi connectivity index (χ3v) is 4.83. The highest BCUT2D eigenvalue weighted by Crippen LogP contribution is 2.23. The summed E-state index contributed by atoms with van der Waals surface area (Å²) in [6.45, 7) is 0.921. The van der Waals surface area contributed by atoms with Crippen LogP contribution in [0.3, 0.4) is 0 Å². The first kappa shape index (κ1) is 14.7. The van der Waals surface area contributed by atoms with Crippen LogP contribution in [0.25, 0.3) is 0 Å². The standard InChI is InChI=1S/C15H16BrN3OS/c16-11-4-1-3-10(7-11)8-12-9-18-15(21-12)19-14(20)13-5-2-6-17-13/h1,3-4,7,9,13,17H,2,5-6,8H2,(H,18,19,20). The number of nitrogens with zero attached hydrogens (tertiary/aromatic N) is 1. The maximum atomic E-state index is 12.0. The lowest BCUT2D eigenvalue weighted by molar-refractivity contribution is -0.117. The van der Waals surface area contributed by atoms with E-state index < -0.39 is 0 Å². The van der Waals surface area contributed by atoms with Crippen molar-refractivity contribution >= 4 is 38.3 Å². The number of benzene rings is 1. The lowest BCUT2D eigenvalue weighted by Crippen LogP contribution is -2.35. The van der Waals surface area contributed by atoms with Gasteiger partial charge in [0.15, 0.2) is 5.13 Å². The van der Waals surface area contributed by atoms with Gasteiger partial charge in [-0.3, -0.25) is 4.79 Å². The Labute approximate surface area is 136 Å². The van der Waals surface area contributed by atoms with Crippen molar-refractivity contribution in [3.8, 4) is 0 Å². The van der Waals surface area contributed by atoms with Gasteiger partial charge in [0.25, 0.3) is 0 Å². The molecule has 110 valence electrons. The zero-order valence-corrected chi connectivity index (χ0v) is 13.8. The highest BCUT2D eigenvalue weighted by molar-refractivity contribution is 9.10. The van der Waals surface area contributed by atoms with Crippen molar-refractivity contribution < 1.29 is 4.79 Å².